The molecule has 7 heteroatoms. The first kappa shape index (κ1) is 22.6. The summed E-state index contributed by atoms with van der Waals surface area (Å²) in [6.07, 6.45) is 0.406. The van der Waals surface area contributed by atoms with Gasteiger partial charge in [-0.15, -0.1) is 0 Å². The van der Waals surface area contributed by atoms with E-state index in [0.29, 0.717) is 30.6 Å². The fourth-order valence-corrected chi connectivity index (χ4v) is 4.17. The molecule has 0 aromatic heterocycles. The second-order valence-corrected chi connectivity index (χ2v) is 8.09. The number of hydrogen-bond donors (Lipinski definition) is 1. The van der Waals surface area contributed by atoms with Crippen molar-refractivity contribution >= 4 is 11.9 Å². The molecule has 0 saturated carbocycles. The van der Waals surface area contributed by atoms with Crippen molar-refractivity contribution < 1.29 is 23.1 Å². The minimum Gasteiger partial charge on any atom is -0.468 e. The second-order valence-electron chi connectivity index (χ2n) is 8.09. The lowest BCUT2D eigenvalue weighted by atomic mass is 10.0. The number of halogens is 2. The maximum Gasteiger partial charge on any atom is 0.323 e. The van der Waals surface area contributed by atoms with Gasteiger partial charge in [-0.3, -0.25) is 14.5 Å². The van der Waals surface area contributed by atoms with Gasteiger partial charge < -0.3 is 10.1 Å². The lowest BCUT2D eigenvalue weighted by Gasteiger charge is -2.22. The maximum absolute atomic E-state index is 13.6. The molecule has 1 fully saturated rings. The summed E-state index contributed by atoms with van der Waals surface area (Å²) in [5.74, 6) is -1.31. The van der Waals surface area contributed by atoms with Gasteiger partial charge in [-0.25, -0.2) is 8.78 Å². The van der Waals surface area contributed by atoms with Gasteiger partial charge in [-0.05, 0) is 59.5 Å². The standard InChI is InChI=1S/C26H24F2N2O3/c1-33-26(32)24-14-23(16-30(24)15-17-8-10-21(27)11-9-17)29-25(31)20-6-2-4-18(12-20)19-5-3-7-22(28)13-19/h2-13,23-24H,14-16H2,1H3,(H,29,31)/t23-,24+/m1/s1. The number of rotatable bonds is 6. The summed E-state index contributed by atoms with van der Waals surface area (Å²) in [7, 11) is 1.34. The van der Waals surface area contributed by atoms with Crippen LogP contribution < -0.4 is 5.32 Å². The first-order valence-electron chi connectivity index (χ1n) is 10.7. The van der Waals surface area contributed by atoms with Crippen LogP contribution in [0.5, 0.6) is 0 Å². The summed E-state index contributed by atoms with van der Waals surface area (Å²) in [5.41, 5.74) is 2.73. The van der Waals surface area contributed by atoms with Crippen LogP contribution in [0.3, 0.4) is 0 Å². The molecule has 1 heterocycles. The molecular weight excluding hydrogens is 426 g/mol. The average molecular weight is 450 g/mol. The van der Waals surface area contributed by atoms with Crippen LogP contribution in [0.15, 0.2) is 72.8 Å². The average Bonchev–Trinajstić information content (AvgIpc) is 3.22. The Bertz CT molecular complexity index is 1150. The van der Waals surface area contributed by atoms with E-state index >= 15 is 0 Å². The SMILES string of the molecule is COC(=O)[C@@H]1C[C@@H](NC(=O)c2cccc(-c3cccc(F)c3)c2)CN1Cc1ccc(F)cc1. The zero-order valence-corrected chi connectivity index (χ0v) is 18.1. The van der Waals surface area contributed by atoms with Crippen LogP contribution in [0.1, 0.15) is 22.3 Å². The molecule has 1 aliphatic heterocycles. The van der Waals surface area contributed by atoms with E-state index in [-0.39, 0.29) is 29.6 Å². The number of nitrogens with zero attached hydrogens (tertiary/aromatic N) is 1. The number of carbonyl (C=O) groups excluding carboxylic acids is 2. The van der Waals surface area contributed by atoms with E-state index in [1.54, 1.807) is 42.5 Å². The topological polar surface area (TPSA) is 58.6 Å². The van der Waals surface area contributed by atoms with Crippen molar-refractivity contribution in [1.29, 1.82) is 0 Å². The largest absolute Gasteiger partial charge is 0.468 e. The Kier molecular flexibility index (Phi) is 6.79. The molecule has 0 bridgehead atoms. The van der Waals surface area contributed by atoms with Crippen LogP contribution in [0.4, 0.5) is 8.78 Å². The van der Waals surface area contributed by atoms with Gasteiger partial charge >= 0.3 is 5.97 Å². The van der Waals surface area contributed by atoms with E-state index in [9.17, 15) is 18.4 Å². The van der Waals surface area contributed by atoms with Crippen molar-refractivity contribution in [2.24, 2.45) is 0 Å². The highest BCUT2D eigenvalue weighted by molar-refractivity contribution is 5.95. The molecule has 4 rings (SSSR count). The van der Waals surface area contributed by atoms with E-state index in [2.05, 4.69) is 5.32 Å². The highest BCUT2D eigenvalue weighted by Gasteiger charge is 2.38. The van der Waals surface area contributed by atoms with Gasteiger partial charge in [-0.2, -0.15) is 0 Å². The van der Waals surface area contributed by atoms with Gasteiger partial charge in [0.2, 0.25) is 0 Å². The van der Waals surface area contributed by atoms with Crippen molar-refractivity contribution in [3.8, 4) is 11.1 Å². The van der Waals surface area contributed by atoms with Gasteiger partial charge in [0.25, 0.3) is 5.91 Å². The molecule has 0 aliphatic carbocycles. The summed E-state index contributed by atoms with van der Waals surface area (Å²) < 4.78 is 31.8. The Morgan fingerprint density at radius 2 is 1.67 bits per heavy atom. The lowest BCUT2D eigenvalue weighted by molar-refractivity contribution is -0.146. The van der Waals surface area contributed by atoms with Crippen molar-refractivity contribution in [2.45, 2.75) is 25.0 Å². The van der Waals surface area contributed by atoms with Crippen molar-refractivity contribution in [3.05, 3.63) is 95.6 Å². The summed E-state index contributed by atoms with van der Waals surface area (Å²) in [6, 6.07) is 18.5. The van der Waals surface area contributed by atoms with Gasteiger partial charge in [0, 0.05) is 24.7 Å². The first-order chi connectivity index (χ1) is 15.9. The van der Waals surface area contributed by atoms with Crippen LogP contribution in [-0.4, -0.2) is 42.5 Å². The molecule has 0 unspecified atom stereocenters. The summed E-state index contributed by atoms with van der Waals surface area (Å²) in [6.45, 7) is 0.883. The number of hydrogen-bond acceptors (Lipinski definition) is 4. The predicted octanol–water partition coefficient (Wildman–Crippen LogP) is 4.18. The summed E-state index contributed by atoms with van der Waals surface area (Å²) >= 11 is 0. The molecule has 33 heavy (non-hydrogen) atoms. The minimum absolute atomic E-state index is 0.264. The zero-order valence-electron chi connectivity index (χ0n) is 18.1. The van der Waals surface area contributed by atoms with Crippen LogP contribution in [-0.2, 0) is 16.1 Å². The number of carbonyl (C=O) groups is 2. The van der Waals surface area contributed by atoms with Gasteiger partial charge in [0.1, 0.15) is 17.7 Å². The molecule has 2 atom stereocenters. The van der Waals surface area contributed by atoms with Gasteiger partial charge in [0.15, 0.2) is 0 Å². The fraction of sp³-hybridized carbons (Fsp3) is 0.231. The van der Waals surface area contributed by atoms with E-state index < -0.39 is 6.04 Å². The molecule has 0 spiro atoms. The maximum atomic E-state index is 13.6. The van der Waals surface area contributed by atoms with E-state index in [1.165, 1.54) is 31.4 Å². The van der Waals surface area contributed by atoms with Crippen LogP contribution in [0, 0.1) is 11.6 Å². The van der Waals surface area contributed by atoms with E-state index in [0.717, 1.165) is 11.1 Å². The molecule has 1 amide bonds. The molecule has 1 aliphatic rings. The third-order valence-corrected chi connectivity index (χ3v) is 5.79. The molecule has 1 saturated heterocycles. The van der Waals surface area contributed by atoms with Crippen molar-refractivity contribution in [3.63, 3.8) is 0 Å². The molecule has 5 nitrogen and oxygen atoms in total. The minimum atomic E-state index is -0.510. The third kappa shape index (κ3) is 5.43. The fourth-order valence-electron chi connectivity index (χ4n) is 4.17. The Morgan fingerprint density at radius 3 is 2.36 bits per heavy atom. The quantitative estimate of drug-likeness (QED) is 0.573. The number of likely N-dealkylation sites (tertiary alicyclic amines) is 1. The number of nitrogens with one attached hydrogen (secondary N) is 1. The molecule has 170 valence electrons. The predicted molar refractivity (Wildman–Crippen MR) is 120 cm³/mol. The summed E-state index contributed by atoms with van der Waals surface area (Å²) in [5, 5.41) is 3.00. The second kappa shape index (κ2) is 9.92. The Hall–Kier alpha value is -3.58. The number of benzene rings is 3. The zero-order chi connectivity index (χ0) is 23.4. The van der Waals surface area contributed by atoms with Gasteiger partial charge in [0.05, 0.1) is 7.11 Å². The lowest BCUT2D eigenvalue weighted by Crippen LogP contribution is -2.37. The monoisotopic (exact) mass is 450 g/mol. The number of methoxy groups -OCH3 is 1. The normalized spacial score (nSPS) is 18.2. The highest BCUT2D eigenvalue weighted by atomic mass is 19.1. The van der Waals surface area contributed by atoms with Crippen molar-refractivity contribution in [2.75, 3.05) is 13.7 Å². The molecule has 0 radical (unpaired) electrons. The Balaban J connectivity index is 1.47. The van der Waals surface area contributed by atoms with Crippen molar-refractivity contribution in [1.82, 2.24) is 10.2 Å². The smallest absolute Gasteiger partial charge is 0.323 e. The first-order valence-corrected chi connectivity index (χ1v) is 10.7. The van der Waals surface area contributed by atoms with E-state index in [4.69, 9.17) is 4.74 Å². The van der Waals surface area contributed by atoms with E-state index in [1.807, 2.05) is 11.0 Å². The number of amides is 1. The molecule has 3 aromatic carbocycles. The summed E-state index contributed by atoms with van der Waals surface area (Å²) in [4.78, 5) is 27.2. The third-order valence-electron chi connectivity index (χ3n) is 5.79. The molecular formula is C26H24F2N2O3. The van der Waals surface area contributed by atoms with Crippen LogP contribution >= 0.6 is 0 Å². The van der Waals surface area contributed by atoms with Crippen LogP contribution in [0.2, 0.25) is 0 Å². The Morgan fingerprint density at radius 1 is 0.970 bits per heavy atom. The molecule has 3 aromatic rings. The number of esters is 1. The molecule has 1 N–H and O–H groups in total. The highest BCUT2D eigenvalue weighted by Crippen LogP contribution is 2.24. The Labute approximate surface area is 191 Å². The van der Waals surface area contributed by atoms with Gasteiger partial charge in [-0.1, -0.05) is 36.4 Å². The number of ether oxygens (including phenoxy) is 1. The van der Waals surface area contributed by atoms with Crippen LogP contribution in [0.25, 0.3) is 11.1 Å².